The van der Waals surface area contributed by atoms with Crippen LogP contribution in [0.1, 0.15) is 31.4 Å². The summed E-state index contributed by atoms with van der Waals surface area (Å²) in [6, 6.07) is 6.39. The van der Waals surface area contributed by atoms with Crippen LogP contribution < -0.4 is 5.32 Å². The molecule has 0 radical (unpaired) electrons. The van der Waals surface area contributed by atoms with Crippen LogP contribution in [0, 0.1) is 5.92 Å². The minimum absolute atomic E-state index is 0.235. The lowest BCUT2D eigenvalue weighted by Gasteiger charge is -2.19. The zero-order valence-electron chi connectivity index (χ0n) is 10.6. The zero-order chi connectivity index (χ0) is 13.0. The lowest BCUT2D eigenvalue weighted by molar-refractivity contribution is 0.0905. The molecule has 0 bridgehead atoms. The summed E-state index contributed by atoms with van der Waals surface area (Å²) in [5, 5.41) is 3.50. The van der Waals surface area contributed by atoms with Crippen LogP contribution >= 0.6 is 31.9 Å². The summed E-state index contributed by atoms with van der Waals surface area (Å²) in [6.07, 6.45) is 2.57. The first-order chi connectivity index (χ1) is 8.72. The van der Waals surface area contributed by atoms with Gasteiger partial charge in [0.15, 0.2) is 0 Å². The van der Waals surface area contributed by atoms with Crippen LogP contribution in [0.15, 0.2) is 27.1 Å². The molecule has 1 saturated heterocycles. The number of benzene rings is 1. The number of ether oxygens (including phenoxy) is 1. The number of hydrogen-bond acceptors (Lipinski definition) is 2. The molecule has 0 aromatic heterocycles. The fourth-order valence-corrected chi connectivity index (χ4v) is 3.01. The van der Waals surface area contributed by atoms with Gasteiger partial charge in [-0.2, -0.15) is 0 Å². The van der Waals surface area contributed by atoms with Crippen molar-refractivity contribution in [2.24, 2.45) is 5.92 Å². The van der Waals surface area contributed by atoms with E-state index in [1.165, 1.54) is 12.0 Å². The molecule has 1 aromatic rings. The highest BCUT2D eigenvalue weighted by Gasteiger charge is 2.29. The Bertz CT molecular complexity index is 397. The number of rotatable bonds is 5. The van der Waals surface area contributed by atoms with Gasteiger partial charge in [0.05, 0.1) is 6.10 Å². The molecule has 2 nitrogen and oxygen atoms in total. The van der Waals surface area contributed by atoms with E-state index in [4.69, 9.17) is 4.74 Å². The molecule has 0 spiro atoms. The summed E-state index contributed by atoms with van der Waals surface area (Å²) >= 11 is 7.06. The lowest BCUT2D eigenvalue weighted by Crippen LogP contribution is -2.25. The Labute approximate surface area is 126 Å². The van der Waals surface area contributed by atoms with Crippen LogP contribution in [0.2, 0.25) is 0 Å². The fraction of sp³-hybridized carbons (Fsp3) is 0.571. The van der Waals surface area contributed by atoms with E-state index in [-0.39, 0.29) is 6.10 Å². The van der Waals surface area contributed by atoms with E-state index in [9.17, 15) is 0 Å². The lowest BCUT2D eigenvalue weighted by atomic mass is 9.95. The van der Waals surface area contributed by atoms with Crippen LogP contribution in [-0.2, 0) is 4.74 Å². The number of halogens is 2. The van der Waals surface area contributed by atoms with Crippen LogP contribution in [-0.4, -0.2) is 19.7 Å². The second-order valence-corrected chi connectivity index (χ2v) is 6.43. The summed E-state index contributed by atoms with van der Waals surface area (Å²) in [7, 11) is 0. The molecule has 0 amide bonds. The van der Waals surface area contributed by atoms with E-state index in [1.807, 2.05) is 0 Å². The third-order valence-corrected chi connectivity index (χ3v) is 5.20. The molecule has 2 rings (SSSR count). The average molecular weight is 377 g/mol. The summed E-state index contributed by atoms with van der Waals surface area (Å²) in [4.78, 5) is 0. The Hall–Kier alpha value is 0.1000. The van der Waals surface area contributed by atoms with Gasteiger partial charge in [-0.15, -0.1) is 0 Å². The van der Waals surface area contributed by atoms with Crippen molar-refractivity contribution < 1.29 is 4.74 Å². The van der Waals surface area contributed by atoms with E-state index in [0.717, 1.165) is 35.1 Å². The van der Waals surface area contributed by atoms with Crippen molar-refractivity contribution in [3.63, 3.8) is 0 Å². The summed E-state index contributed by atoms with van der Waals surface area (Å²) in [5.74, 6) is 0.588. The first-order valence-electron chi connectivity index (χ1n) is 6.49. The van der Waals surface area contributed by atoms with E-state index in [1.54, 1.807) is 0 Å². The molecule has 1 heterocycles. The molecule has 1 aliphatic rings. The summed E-state index contributed by atoms with van der Waals surface area (Å²) < 4.78 is 8.08. The van der Waals surface area contributed by atoms with Crippen molar-refractivity contribution >= 4 is 31.9 Å². The minimum Gasteiger partial charge on any atom is -0.373 e. The highest BCUT2D eigenvalue weighted by Crippen LogP contribution is 2.36. The first-order valence-corrected chi connectivity index (χ1v) is 8.08. The van der Waals surface area contributed by atoms with Gasteiger partial charge in [0.25, 0.3) is 0 Å². The van der Waals surface area contributed by atoms with Gasteiger partial charge in [-0.05, 0) is 68.9 Å². The predicted molar refractivity (Wildman–Crippen MR) is 81.8 cm³/mol. The Morgan fingerprint density at radius 3 is 2.89 bits per heavy atom. The van der Waals surface area contributed by atoms with Crippen LogP contribution in [0.5, 0.6) is 0 Å². The molecule has 2 unspecified atom stereocenters. The van der Waals surface area contributed by atoms with Gasteiger partial charge in [-0.25, -0.2) is 0 Å². The minimum atomic E-state index is 0.235. The number of hydrogen-bond donors (Lipinski definition) is 1. The molecule has 2 atom stereocenters. The van der Waals surface area contributed by atoms with Gasteiger partial charge < -0.3 is 10.1 Å². The van der Waals surface area contributed by atoms with Crippen molar-refractivity contribution in [2.45, 2.75) is 25.9 Å². The third kappa shape index (κ3) is 3.56. The van der Waals surface area contributed by atoms with Crippen LogP contribution in [0.3, 0.4) is 0 Å². The molecule has 4 heteroatoms. The largest absolute Gasteiger partial charge is 0.373 e. The van der Waals surface area contributed by atoms with E-state index >= 15 is 0 Å². The van der Waals surface area contributed by atoms with E-state index in [0.29, 0.717) is 5.92 Å². The van der Waals surface area contributed by atoms with Gasteiger partial charge in [0, 0.05) is 28.0 Å². The standard InChI is InChI=1S/C14H19Br2NO/c1-2-6-17-9-11-5-7-18-14(11)10-3-4-12(15)13(16)8-10/h3-4,8,11,14,17H,2,5-7,9H2,1H3. The van der Waals surface area contributed by atoms with Crippen molar-refractivity contribution in [3.05, 3.63) is 32.7 Å². The molecule has 100 valence electrons. The van der Waals surface area contributed by atoms with Gasteiger partial charge in [0.2, 0.25) is 0 Å². The average Bonchev–Trinajstić information content (AvgIpc) is 2.81. The Balaban J connectivity index is 2.03. The highest BCUT2D eigenvalue weighted by molar-refractivity contribution is 9.13. The molecule has 1 N–H and O–H groups in total. The number of nitrogens with one attached hydrogen (secondary N) is 1. The maximum absolute atomic E-state index is 5.90. The van der Waals surface area contributed by atoms with E-state index in [2.05, 4.69) is 62.3 Å². The summed E-state index contributed by atoms with van der Waals surface area (Å²) in [6.45, 7) is 5.21. The SMILES string of the molecule is CCCNCC1CCOC1c1ccc(Br)c(Br)c1. The Kier molecular flexibility index (Phi) is 5.67. The quantitative estimate of drug-likeness (QED) is 0.774. The van der Waals surface area contributed by atoms with Gasteiger partial charge in [-0.1, -0.05) is 13.0 Å². The topological polar surface area (TPSA) is 21.3 Å². The van der Waals surface area contributed by atoms with Crippen LogP contribution in [0.4, 0.5) is 0 Å². The fourth-order valence-electron chi connectivity index (χ4n) is 2.36. The molecule has 18 heavy (non-hydrogen) atoms. The molecule has 0 saturated carbocycles. The predicted octanol–water partition coefficient (Wildman–Crippen LogP) is 4.29. The second kappa shape index (κ2) is 7.04. The molecule has 1 aliphatic heterocycles. The third-order valence-electron chi connectivity index (χ3n) is 3.32. The molecule has 1 aromatic carbocycles. The van der Waals surface area contributed by atoms with Crippen molar-refractivity contribution in [1.82, 2.24) is 5.32 Å². The maximum atomic E-state index is 5.90. The first kappa shape index (κ1) is 14.5. The van der Waals surface area contributed by atoms with Crippen molar-refractivity contribution in [1.29, 1.82) is 0 Å². The van der Waals surface area contributed by atoms with Gasteiger partial charge >= 0.3 is 0 Å². The highest BCUT2D eigenvalue weighted by atomic mass is 79.9. The van der Waals surface area contributed by atoms with Gasteiger partial charge in [-0.3, -0.25) is 0 Å². The van der Waals surface area contributed by atoms with E-state index < -0.39 is 0 Å². The smallest absolute Gasteiger partial charge is 0.0866 e. The Morgan fingerprint density at radius 2 is 2.17 bits per heavy atom. The molecule has 1 fully saturated rings. The molecular formula is C14H19Br2NO. The zero-order valence-corrected chi connectivity index (χ0v) is 13.8. The monoisotopic (exact) mass is 375 g/mol. The second-order valence-electron chi connectivity index (χ2n) is 4.72. The van der Waals surface area contributed by atoms with Gasteiger partial charge in [0.1, 0.15) is 0 Å². The molecular weight excluding hydrogens is 358 g/mol. The maximum Gasteiger partial charge on any atom is 0.0866 e. The Morgan fingerprint density at radius 1 is 1.33 bits per heavy atom. The molecule has 0 aliphatic carbocycles. The van der Waals surface area contributed by atoms with Crippen molar-refractivity contribution in [2.75, 3.05) is 19.7 Å². The summed E-state index contributed by atoms with van der Waals surface area (Å²) in [5.41, 5.74) is 1.27. The van der Waals surface area contributed by atoms with Crippen molar-refractivity contribution in [3.8, 4) is 0 Å². The van der Waals surface area contributed by atoms with Crippen LogP contribution in [0.25, 0.3) is 0 Å². The normalized spacial score (nSPS) is 23.5.